The average molecular weight is 660 g/mol. The van der Waals surface area contributed by atoms with Gasteiger partial charge in [0, 0.05) is 73.1 Å². The Bertz CT molecular complexity index is 1280. The fourth-order valence-electron chi connectivity index (χ4n) is 4.39. The van der Waals surface area contributed by atoms with Crippen molar-refractivity contribution in [3.8, 4) is 5.75 Å². The number of hydrogen-bond acceptors (Lipinski definition) is 8. The molecule has 3 aromatic rings. The van der Waals surface area contributed by atoms with E-state index in [0.717, 1.165) is 36.8 Å². The smallest absolute Gasteiger partial charge is 0.248 e. The summed E-state index contributed by atoms with van der Waals surface area (Å²) in [5.74, 6) is 0.746. The minimum Gasteiger partial charge on any atom is -0.473 e. The number of amides is 1. The van der Waals surface area contributed by atoms with Crippen LogP contribution in [0.5, 0.6) is 5.75 Å². The molecule has 1 saturated carbocycles. The Balaban J connectivity index is 1.49. The van der Waals surface area contributed by atoms with Crippen molar-refractivity contribution >= 4 is 45.1 Å². The molecule has 214 valence electrons. The molecule has 1 aliphatic rings. The van der Waals surface area contributed by atoms with Crippen LogP contribution >= 0.6 is 22.6 Å². The number of fused-ring (bicyclic) bond motifs is 1. The van der Waals surface area contributed by atoms with E-state index in [-0.39, 0.29) is 18.2 Å². The topological polar surface area (TPSA) is 97.8 Å². The van der Waals surface area contributed by atoms with Gasteiger partial charge in [0.05, 0.1) is 24.4 Å². The maximum Gasteiger partial charge on any atom is 0.248 e. The zero-order chi connectivity index (χ0) is 28.3. The second kappa shape index (κ2) is 15.4. The van der Waals surface area contributed by atoms with Crippen LogP contribution in [-0.2, 0) is 14.3 Å². The van der Waals surface area contributed by atoms with Crippen LogP contribution in [-0.4, -0.2) is 74.1 Å². The van der Waals surface area contributed by atoms with Crippen LogP contribution < -0.4 is 15.4 Å². The van der Waals surface area contributed by atoms with Gasteiger partial charge in [-0.15, -0.1) is 0 Å². The molecule has 1 fully saturated rings. The SMILES string of the molecule is COCCN(CC=CC(=O)Nc1cc2cncnc2cc1OC(NC(C)c1ccccc1I)C1CC1)CCOC. The molecule has 2 atom stereocenters. The number of aromatic nitrogens is 2. The van der Waals surface area contributed by atoms with Gasteiger partial charge in [-0.25, -0.2) is 9.97 Å². The fourth-order valence-corrected chi connectivity index (χ4v) is 5.24. The summed E-state index contributed by atoms with van der Waals surface area (Å²) >= 11 is 2.37. The summed E-state index contributed by atoms with van der Waals surface area (Å²) in [5.41, 5.74) is 2.57. The minimum atomic E-state index is -0.234. The highest BCUT2D eigenvalue weighted by atomic mass is 127. The van der Waals surface area contributed by atoms with Crippen LogP contribution in [0.25, 0.3) is 10.9 Å². The molecular weight excluding hydrogens is 621 g/mol. The van der Waals surface area contributed by atoms with Crippen LogP contribution in [0.4, 0.5) is 5.69 Å². The standard InChI is InChI=1S/C30H38IN5O4/c1-21(24-7-4-5-8-25(24)31)34-30(22-10-11-22)40-28-18-26-23(19-32-20-33-26)17-27(28)35-29(37)9-6-12-36(13-15-38-2)14-16-39-3/h4-9,17-22,30,34H,10-16H2,1-3H3,(H,35,37). The number of carbonyl (C=O) groups excluding carboxylic acids is 1. The summed E-state index contributed by atoms with van der Waals surface area (Å²) < 4.78 is 18.2. The summed E-state index contributed by atoms with van der Waals surface area (Å²) in [7, 11) is 3.36. The molecule has 1 aliphatic carbocycles. The summed E-state index contributed by atoms with van der Waals surface area (Å²) in [4.78, 5) is 23.7. The van der Waals surface area contributed by atoms with Gasteiger partial charge < -0.3 is 19.5 Å². The van der Waals surface area contributed by atoms with Crippen LogP contribution in [0, 0.1) is 9.49 Å². The Labute approximate surface area is 249 Å². The van der Waals surface area contributed by atoms with E-state index in [4.69, 9.17) is 14.2 Å². The third-order valence-electron chi connectivity index (χ3n) is 6.81. The molecular formula is C30H38IN5O4. The van der Waals surface area contributed by atoms with Crippen LogP contribution in [0.1, 0.15) is 31.4 Å². The quantitative estimate of drug-likeness (QED) is 0.129. The number of nitrogens with zero attached hydrogens (tertiary/aromatic N) is 3. The Morgan fingerprint density at radius 2 is 1.93 bits per heavy atom. The molecule has 0 saturated heterocycles. The highest BCUT2D eigenvalue weighted by Crippen LogP contribution is 2.38. The maximum absolute atomic E-state index is 13.0. The van der Waals surface area contributed by atoms with Crippen molar-refractivity contribution in [2.75, 3.05) is 52.4 Å². The molecule has 4 rings (SSSR count). The Morgan fingerprint density at radius 3 is 2.62 bits per heavy atom. The van der Waals surface area contributed by atoms with Gasteiger partial charge in [0.15, 0.2) is 6.23 Å². The molecule has 1 amide bonds. The van der Waals surface area contributed by atoms with Gasteiger partial charge in [-0.1, -0.05) is 24.3 Å². The Kier molecular flexibility index (Phi) is 11.7. The number of hydrogen-bond donors (Lipinski definition) is 2. The van der Waals surface area contributed by atoms with E-state index in [1.807, 2.05) is 24.3 Å². The molecule has 40 heavy (non-hydrogen) atoms. The van der Waals surface area contributed by atoms with E-state index < -0.39 is 0 Å². The normalized spacial score (nSPS) is 15.0. The van der Waals surface area contributed by atoms with Gasteiger partial charge in [0.25, 0.3) is 0 Å². The third kappa shape index (κ3) is 8.93. The van der Waals surface area contributed by atoms with Gasteiger partial charge in [-0.3, -0.25) is 15.0 Å². The lowest BCUT2D eigenvalue weighted by Gasteiger charge is -2.26. The zero-order valence-corrected chi connectivity index (χ0v) is 25.5. The predicted molar refractivity (Wildman–Crippen MR) is 165 cm³/mol. The molecule has 0 aliphatic heterocycles. The van der Waals surface area contributed by atoms with Crippen molar-refractivity contribution in [3.05, 3.63) is 70.2 Å². The first-order valence-electron chi connectivity index (χ1n) is 13.6. The number of benzene rings is 2. The largest absolute Gasteiger partial charge is 0.473 e. The number of rotatable bonds is 16. The summed E-state index contributed by atoms with van der Waals surface area (Å²) in [5, 5.41) is 7.52. The van der Waals surface area contributed by atoms with E-state index in [1.165, 1.54) is 15.5 Å². The lowest BCUT2D eigenvalue weighted by atomic mass is 10.1. The van der Waals surface area contributed by atoms with Crippen molar-refractivity contribution in [1.29, 1.82) is 0 Å². The monoisotopic (exact) mass is 659 g/mol. The molecule has 9 nitrogen and oxygen atoms in total. The van der Waals surface area contributed by atoms with E-state index in [1.54, 1.807) is 26.5 Å². The lowest BCUT2D eigenvalue weighted by Crippen LogP contribution is -2.38. The number of methoxy groups -OCH3 is 2. The van der Waals surface area contributed by atoms with Crippen molar-refractivity contribution in [3.63, 3.8) is 0 Å². The Hall–Kier alpha value is -2.64. The number of halogens is 1. The maximum atomic E-state index is 13.0. The molecule has 10 heteroatoms. The number of ether oxygens (including phenoxy) is 3. The molecule has 0 radical (unpaired) electrons. The first-order chi connectivity index (χ1) is 19.5. The van der Waals surface area contributed by atoms with Gasteiger partial charge in [0.2, 0.25) is 5.91 Å². The number of anilines is 1. The predicted octanol–water partition coefficient (Wildman–Crippen LogP) is 4.79. The van der Waals surface area contributed by atoms with Crippen LogP contribution in [0.15, 0.2) is 61.1 Å². The Morgan fingerprint density at radius 1 is 1.18 bits per heavy atom. The number of nitrogens with one attached hydrogen (secondary N) is 2. The molecule has 1 heterocycles. The van der Waals surface area contributed by atoms with Crippen molar-refractivity contribution in [1.82, 2.24) is 20.2 Å². The molecule has 2 aromatic carbocycles. The first-order valence-corrected chi connectivity index (χ1v) is 14.6. The molecule has 0 spiro atoms. The molecule has 2 N–H and O–H groups in total. The van der Waals surface area contributed by atoms with E-state index >= 15 is 0 Å². The summed E-state index contributed by atoms with van der Waals surface area (Å²) in [6.07, 6.45) is 8.64. The van der Waals surface area contributed by atoms with Gasteiger partial charge in [-0.05, 0) is 60.1 Å². The first kappa shape index (κ1) is 30.3. The van der Waals surface area contributed by atoms with Crippen molar-refractivity contribution in [2.45, 2.75) is 32.0 Å². The molecule has 0 bridgehead atoms. The molecule has 2 unspecified atom stereocenters. The minimum absolute atomic E-state index is 0.0987. The van der Waals surface area contributed by atoms with E-state index in [9.17, 15) is 4.79 Å². The van der Waals surface area contributed by atoms with E-state index in [0.29, 0.717) is 37.1 Å². The fraction of sp³-hybridized carbons (Fsp3) is 0.433. The van der Waals surface area contributed by atoms with Gasteiger partial charge >= 0.3 is 0 Å². The highest BCUT2D eigenvalue weighted by Gasteiger charge is 2.34. The lowest BCUT2D eigenvalue weighted by molar-refractivity contribution is -0.111. The molecule has 1 aromatic heterocycles. The third-order valence-corrected chi connectivity index (χ3v) is 7.79. The van der Waals surface area contributed by atoms with Gasteiger partial charge in [-0.2, -0.15) is 0 Å². The van der Waals surface area contributed by atoms with Crippen molar-refractivity contribution < 1.29 is 19.0 Å². The zero-order valence-electron chi connectivity index (χ0n) is 23.3. The highest BCUT2D eigenvalue weighted by molar-refractivity contribution is 14.1. The van der Waals surface area contributed by atoms with Crippen molar-refractivity contribution in [2.24, 2.45) is 5.92 Å². The summed E-state index contributed by atoms with van der Waals surface area (Å²) in [6, 6.07) is 12.2. The van der Waals surface area contributed by atoms with Crippen LogP contribution in [0.3, 0.4) is 0 Å². The van der Waals surface area contributed by atoms with Crippen LogP contribution in [0.2, 0.25) is 0 Å². The second-order valence-corrected chi connectivity index (χ2v) is 11.1. The second-order valence-electron chi connectivity index (χ2n) is 9.89. The average Bonchev–Trinajstić information content (AvgIpc) is 3.80. The van der Waals surface area contributed by atoms with E-state index in [2.05, 4.69) is 73.2 Å². The summed E-state index contributed by atoms with van der Waals surface area (Å²) in [6.45, 7) is 5.50. The number of carbonyl (C=O) groups is 1. The van der Waals surface area contributed by atoms with Gasteiger partial charge in [0.1, 0.15) is 12.1 Å².